The van der Waals surface area contributed by atoms with E-state index < -0.39 is 11.9 Å². The van der Waals surface area contributed by atoms with Gasteiger partial charge < -0.3 is 4.74 Å². The second kappa shape index (κ2) is 4.21. The predicted molar refractivity (Wildman–Crippen MR) is 43.1 cm³/mol. The molecule has 1 aromatic rings. The van der Waals surface area contributed by atoms with Crippen molar-refractivity contribution >= 4 is 5.97 Å². The number of rotatable bonds is 0. The molecule has 1 aromatic heterocycles. The van der Waals surface area contributed by atoms with E-state index in [0.717, 1.165) is 0 Å². The summed E-state index contributed by atoms with van der Waals surface area (Å²) in [4.78, 5) is 13.9. The first kappa shape index (κ1) is 9.20. The number of methoxy groups -OCH3 is 1. The highest BCUT2D eigenvalue weighted by Crippen LogP contribution is 1.99. The fourth-order valence-corrected chi connectivity index (χ4v) is 0.649. The van der Waals surface area contributed by atoms with E-state index in [2.05, 4.69) is 21.6 Å². The van der Waals surface area contributed by atoms with Gasteiger partial charge in [-0.1, -0.05) is 5.92 Å². The van der Waals surface area contributed by atoms with Gasteiger partial charge in [-0.3, -0.25) is 0 Å². The molecule has 13 heavy (non-hydrogen) atoms. The number of ether oxygens (including phenoxy) is 1. The third-order valence-electron chi connectivity index (χ3n) is 1.24. The van der Waals surface area contributed by atoms with Crippen molar-refractivity contribution in [3.8, 4) is 11.8 Å². The van der Waals surface area contributed by atoms with Gasteiger partial charge in [0.05, 0.1) is 12.7 Å². The zero-order chi connectivity index (χ0) is 9.68. The molecule has 0 atom stereocenters. The highest BCUT2D eigenvalue weighted by molar-refractivity contribution is 5.88. The second-order valence-corrected chi connectivity index (χ2v) is 2.08. The van der Waals surface area contributed by atoms with Crippen LogP contribution in [0.5, 0.6) is 0 Å². The van der Waals surface area contributed by atoms with E-state index in [9.17, 15) is 9.18 Å². The molecule has 0 N–H and O–H groups in total. The SMILES string of the molecule is COC(=O)C#Cc1cccnc1F. The molecule has 0 aliphatic heterocycles. The van der Waals surface area contributed by atoms with Crippen LogP contribution in [0.3, 0.4) is 0 Å². The zero-order valence-electron chi connectivity index (χ0n) is 6.87. The Kier molecular flexibility index (Phi) is 2.98. The molecule has 0 unspecified atom stereocenters. The highest BCUT2D eigenvalue weighted by atomic mass is 19.1. The number of pyridine rings is 1. The van der Waals surface area contributed by atoms with Crippen LogP contribution in [0.2, 0.25) is 0 Å². The van der Waals surface area contributed by atoms with E-state index in [4.69, 9.17) is 0 Å². The summed E-state index contributed by atoms with van der Waals surface area (Å²) < 4.78 is 17.0. The summed E-state index contributed by atoms with van der Waals surface area (Å²) in [5, 5.41) is 0. The highest BCUT2D eigenvalue weighted by Gasteiger charge is 1.97. The monoisotopic (exact) mass is 179 g/mol. The first-order valence-electron chi connectivity index (χ1n) is 3.44. The second-order valence-electron chi connectivity index (χ2n) is 2.08. The van der Waals surface area contributed by atoms with Gasteiger partial charge in [-0.2, -0.15) is 4.39 Å². The third-order valence-corrected chi connectivity index (χ3v) is 1.24. The number of nitrogens with zero attached hydrogens (tertiary/aromatic N) is 1. The topological polar surface area (TPSA) is 39.2 Å². The Hall–Kier alpha value is -1.89. The molecular weight excluding hydrogens is 173 g/mol. The molecule has 0 saturated heterocycles. The van der Waals surface area contributed by atoms with E-state index in [-0.39, 0.29) is 5.56 Å². The number of halogens is 1. The lowest BCUT2D eigenvalue weighted by atomic mass is 10.3. The van der Waals surface area contributed by atoms with Gasteiger partial charge in [0, 0.05) is 12.1 Å². The quantitative estimate of drug-likeness (QED) is 0.335. The van der Waals surface area contributed by atoms with E-state index >= 15 is 0 Å². The molecule has 4 heteroatoms. The molecular formula is C9H6FNO2. The average Bonchev–Trinajstić information content (AvgIpc) is 2.16. The number of esters is 1. The van der Waals surface area contributed by atoms with Crippen LogP contribution in [0.15, 0.2) is 18.3 Å². The molecule has 0 aromatic carbocycles. The number of hydrogen-bond donors (Lipinski definition) is 0. The van der Waals surface area contributed by atoms with Crippen LogP contribution in [-0.2, 0) is 9.53 Å². The molecule has 1 rings (SSSR count). The van der Waals surface area contributed by atoms with Crippen molar-refractivity contribution in [1.82, 2.24) is 4.98 Å². The van der Waals surface area contributed by atoms with Gasteiger partial charge in [-0.25, -0.2) is 9.78 Å². The van der Waals surface area contributed by atoms with E-state index in [1.807, 2.05) is 0 Å². The van der Waals surface area contributed by atoms with Gasteiger partial charge in [0.2, 0.25) is 5.95 Å². The van der Waals surface area contributed by atoms with E-state index in [0.29, 0.717) is 0 Å². The maximum Gasteiger partial charge on any atom is 0.384 e. The molecule has 0 spiro atoms. The van der Waals surface area contributed by atoms with Crippen molar-refractivity contribution in [1.29, 1.82) is 0 Å². The Labute approximate surface area is 74.6 Å². The smallest absolute Gasteiger partial charge is 0.384 e. The van der Waals surface area contributed by atoms with Crippen molar-refractivity contribution in [2.45, 2.75) is 0 Å². The fourth-order valence-electron chi connectivity index (χ4n) is 0.649. The predicted octanol–water partition coefficient (Wildman–Crippen LogP) is 0.745. The van der Waals surface area contributed by atoms with Crippen molar-refractivity contribution < 1.29 is 13.9 Å². The first-order chi connectivity index (χ1) is 6.24. The Balaban J connectivity index is 2.89. The molecule has 0 saturated carbocycles. The standard InChI is InChI=1S/C9H6FNO2/c1-13-8(12)5-4-7-3-2-6-11-9(7)10/h2-3,6H,1H3. The Morgan fingerprint density at radius 1 is 1.69 bits per heavy atom. The largest absolute Gasteiger partial charge is 0.459 e. The van der Waals surface area contributed by atoms with Crippen molar-refractivity contribution in [3.05, 3.63) is 29.8 Å². The van der Waals surface area contributed by atoms with Crippen LogP contribution < -0.4 is 0 Å². The van der Waals surface area contributed by atoms with Crippen LogP contribution in [0.4, 0.5) is 4.39 Å². The molecule has 0 amide bonds. The maximum atomic E-state index is 12.8. The number of hydrogen-bond acceptors (Lipinski definition) is 3. The molecule has 0 aliphatic carbocycles. The Bertz CT molecular complexity index is 379. The molecule has 0 aliphatic rings. The van der Waals surface area contributed by atoms with Crippen LogP contribution >= 0.6 is 0 Å². The maximum absolute atomic E-state index is 12.8. The lowest BCUT2D eigenvalue weighted by Gasteiger charge is -1.89. The van der Waals surface area contributed by atoms with E-state index in [1.54, 1.807) is 0 Å². The summed E-state index contributed by atoms with van der Waals surface area (Å²) in [6.07, 6.45) is 1.30. The minimum Gasteiger partial charge on any atom is -0.459 e. The van der Waals surface area contributed by atoms with Gasteiger partial charge >= 0.3 is 5.97 Å². The average molecular weight is 179 g/mol. The number of carbonyl (C=O) groups is 1. The van der Waals surface area contributed by atoms with Gasteiger partial charge in [0.25, 0.3) is 0 Å². The minimum absolute atomic E-state index is 0.0768. The molecule has 3 nitrogen and oxygen atoms in total. The number of carbonyl (C=O) groups excluding carboxylic acids is 1. The lowest BCUT2D eigenvalue weighted by molar-refractivity contribution is -0.133. The van der Waals surface area contributed by atoms with Gasteiger partial charge in [-0.05, 0) is 12.1 Å². The molecule has 0 fully saturated rings. The zero-order valence-corrected chi connectivity index (χ0v) is 6.87. The Morgan fingerprint density at radius 3 is 3.08 bits per heavy atom. The van der Waals surface area contributed by atoms with E-state index in [1.165, 1.54) is 25.4 Å². The van der Waals surface area contributed by atoms with Crippen molar-refractivity contribution in [2.24, 2.45) is 0 Å². The van der Waals surface area contributed by atoms with Crippen LogP contribution in [-0.4, -0.2) is 18.1 Å². The third kappa shape index (κ3) is 2.56. The molecule has 0 bridgehead atoms. The summed E-state index contributed by atoms with van der Waals surface area (Å²) in [5.41, 5.74) is 0.0768. The fraction of sp³-hybridized carbons (Fsp3) is 0.111. The first-order valence-corrected chi connectivity index (χ1v) is 3.44. The Morgan fingerprint density at radius 2 is 2.46 bits per heavy atom. The van der Waals surface area contributed by atoms with Crippen LogP contribution in [0.25, 0.3) is 0 Å². The van der Waals surface area contributed by atoms with Crippen LogP contribution in [0, 0.1) is 17.8 Å². The van der Waals surface area contributed by atoms with Gasteiger partial charge in [0.15, 0.2) is 0 Å². The van der Waals surface area contributed by atoms with Gasteiger partial charge in [0.1, 0.15) is 0 Å². The summed E-state index contributed by atoms with van der Waals surface area (Å²) in [6.45, 7) is 0. The van der Waals surface area contributed by atoms with Crippen LogP contribution in [0.1, 0.15) is 5.56 Å². The normalized spacial score (nSPS) is 8.46. The summed E-state index contributed by atoms with van der Waals surface area (Å²) in [6, 6.07) is 2.96. The number of aromatic nitrogens is 1. The van der Waals surface area contributed by atoms with Crippen molar-refractivity contribution in [3.63, 3.8) is 0 Å². The lowest BCUT2D eigenvalue weighted by Crippen LogP contribution is -1.95. The van der Waals surface area contributed by atoms with Gasteiger partial charge in [-0.15, -0.1) is 0 Å². The molecule has 1 heterocycles. The summed E-state index contributed by atoms with van der Waals surface area (Å²) in [7, 11) is 1.20. The molecule has 66 valence electrons. The summed E-state index contributed by atoms with van der Waals surface area (Å²) >= 11 is 0. The van der Waals surface area contributed by atoms with Crippen molar-refractivity contribution in [2.75, 3.05) is 7.11 Å². The molecule has 0 radical (unpaired) electrons. The summed E-state index contributed by atoms with van der Waals surface area (Å²) in [5.74, 6) is 3.00. The minimum atomic E-state index is -0.705.